The lowest BCUT2D eigenvalue weighted by Crippen LogP contribution is -2.46. The Balaban J connectivity index is 1.76. The summed E-state index contributed by atoms with van der Waals surface area (Å²) in [5.41, 5.74) is -0.150. The topological polar surface area (TPSA) is 91.8 Å². The van der Waals surface area contributed by atoms with E-state index in [0.717, 1.165) is 0 Å². The van der Waals surface area contributed by atoms with Gasteiger partial charge in [-0.3, -0.25) is 9.69 Å². The molecule has 8 atom stereocenters. The maximum atomic E-state index is 12.6. The van der Waals surface area contributed by atoms with Crippen molar-refractivity contribution in [3.63, 3.8) is 0 Å². The SMILES string of the molecule is CN(C)CC1C(=O)O[C@H]2C[C@]3(C)O[C@H]3[C@H](O)[C@@H](N(C)C)C3=C[C@@H](OC3=O)[C@H]12. The predicted molar refractivity (Wildman–Crippen MR) is 94.8 cm³/mol. The molecule has 0 radical (unpaired) electrons. The predicted octanol–water partition coefficient (Wildman–Crippen LogP) is -0.590. The molecular weight excluding hydrogens is 352 g/mol. The zero-order valence-corrected chi connectivity index (χ0v) is 16.4. The second kappa shape index (κ2) is 6.27. The number of rotatable bonds is 3. The number of epoxide rings is 1. The Bertz CT molecular complexity index is 692. The van der Waals surface area contributed by atoms with Gasteiger partial charge in [0.25, 0.3) is 0 Å². The molecule has 0 spiro atoms. The molecule has 1 N–H and O–H groups in total. The molecule has 8 heteroatoms. The van der Waals surface area contributed by atoms with Crippen molar-refractivity contribution in [2.75, 3.05) is 34.7 Å². The molecule has 0 aromatic rings. The number of likely N-dealkylation sites (N-methyl/N-ethyl adjacent to an activating group) is 1. The number of aliphatic hydroxyl groups is 1. The highest BCUT2D eigenvalue weighted by Crippen LogP contribution is 2.50. The van der Waals surface area contributed by atoms with Gasteiger partial charge in [-0.15, -0.1) is 0 Å². The maximum absolute atomic E-state index is 12.6. The number of hydrogen-bond donors (Lipinski definition) is 1. The Labute approximate surface area is 159 Å². The van der Waals surface area contributed by atoms with Gasteiger partial charge in [-0.1, -0.05) is 0 Å². The fourth-order valence-corrected chi connectivity index (χ4v) is 5.00. The lowest BCUT2D eigenvalue weighted by molar-refractivity contribution is -0.145. The smallest absolute Gasteiger partial charge is 0.336 e. The van der Waals surface area contributed by atoms with E-state index in [-0.39, 0.29) is 17.8 Å². The molecule has 0 saturated carbocycles. The van der Waals surface area contributed by atoms with Crippen LogP contribution in [0.1, 0.15) is 13.3 Å². The monoisotopic (exact) mass is 380 g/mol. The number of fused-ring (bicyclic) bond motifs is 4. The van der Waals surface area contributed by atoms with Crippen LogP contribution < -0.4 is 0 Å². The molecule has 3 heterocycles. The van der Waals surface area contributed by atoms with Gasteiger partial charge in [0.15, 0.2) is 0 Å². The third-order valence-corrected chi connectivity index (χ3v) is 6.28. The van der Waals surface area contributed by atoms with Crippen LogP contribution in [0.3, 0.4) is 0 Å². The van der Waals surface area contributed by atoms with Gasteiger partial charge in [0.1, 0.15) is 24.4 Å². The van der Waals surface area contributed by atoms with E-state index in [9.17, 15) is 14.7 Å². The molecule has 4 aliphatic rings. The fourth-order valence-electron chi connectivity index (χ4n) is 5.00. The van der Waals surface area contributed by atoms with Gasteiger partial charge in [-0.05, 0) is 41.2 Å². The fraction of sp³-hybridized carbons (Fsp3) is 0.789. The van der Waals surface area contributed by atoms with Gasteiger partial charge in [0, 0.05) is 13.0 Å². The van der Waals surface area contributed by atoms with Crippen molar-refractivity contribution in [1.29, 1.82) is 0 Å². The average molecular weight is 380 g/mol. The van der Waals surface area contributed by atoms with E-state index in [1.807, 2.05) is 44.9 Å². The first-order valence-electron chi connectivity index (χ1n) is 9.42. The molecule has 0 amide bonds. The van der Waals surface area contributed by atoms with E-state index >= 15 is 0 Å². The van der Waals surface area contributed by atoms with E-state index in [1.165, 1.54) is 0 Å². The number of aliphatic hydroxyl groups excluding tert-OH is 1. The van der Waals surface area contributed by atoms with Crippen LogP contribution in [0.4, 0.5) is 0 Å². The Kier molecular flexibility index (Phi) is 4.38. The second-order valence-corrected chi connectivity index (χ2v) is 8.87. The molecule has 2 saturated heterocycles. The average Bonchev–Trinajstić information content (AvgIpc) is 2.94. The molecule has 1 aliphatic carbocycles. The van der Waals surface area contributed by atoms with Gasteiger partial charge < -0.3 is 24.2 Å². The number of esters is 2. The standard InChI is InChI=1S/C19H28N2O6/c1-19-7-12-13(10(8-20(2)3)18(24)26-12)11-6-9(17(23)25-11)14(21(4)5)15(22)16(19)27-19/h6,10-16,22H,7-8H2,1-5H3/t10?,11-,12+,13+,14+,15-,16+,19+/m1/s1. The third kappa shape index (κ3) is 2.99. The van der Waals surface area contributed by atoms with Crippen molar-refractivity contribution in [1.82, 2.24) is 9.80 Å². The van der Waals surface area contributed by atoms with Crippen LogP contribution in [-0.4, -0.2) is 97.6 Å². The van der Waals surface area contributed by atoms with Gasteiger partial charge in [0.05, 0.1) is 29.1 Å². The molecule has 2 bridgehead atoms. The van der Waals surface area contributed by atoms with Crippen molar-refractivity contribution in [2.45, 2.75) is 49.4 Å². The highest BCUT2D eigenvalue weighted by atomic mass is 16.6. The van der Waals surface area contributed by atoms with E-state index in [2.05, 4.69) is 0 Å². The number of nitrogens with zero attached hydrogens (tertiary/aromatic N) is 2. The highest BCUT2D eigenvalue weighted by Gasteiger charge is 2.64. The first kappa shape index (κ1) is 18.9. The van der Waals surface area contributed by atoms with Crippen LogP contribution in [0.2, 0.25) is 0 Å². The van der Waals surface area contributed by atoms with E-state index < -0.39 is 42.0 Å². The summed E-state index contributed by atoms with van der Waals surface area (Å²) in [6.45, 7) is 2.45. The number of carbonyl (C=O) groups excluding carboxylic acids is 2. The van der Waals surface area contributed by atoms with Crippen LogP contribution >= 0.6 is 0 Å². The molecule has 4 rings (SSSR count). The quantitative estimate of drug-likeness (QED) is 0.513. The van der Waals surface area contributed by atoms with Crippen molar-refractivity contribution in [3.8, 4) is 0 Å². The van der Waals surface area contributed by atoms with Crippen LogP contribution in [0, 0.1) is 11.8 Å². The molecule has 0 aromatic heterocycles. The maximum Gasteiger partial charge on any atom is 0.336 e. The summed E-state index contributed by atoms with van der Waals surface area (Å²) in [6, 6.07) is -0.517. The number of hydrogen-bond acceptors (Lipinski definition) is 8. The molecular formula is C19H28N2O6. The van der Waals surface area contributed by atoms with Crippen molar-refractivity contribution >= 4 is 11.9 Å². The number of ether oxygens (including phenoxy) is 3. The highest BCUT2D eigenvalue weighted by molar-refractivity contribution is 5.92. The van der Waals surface area contributed by atoms with E-state index in [4.69, 9.17) is 14.2 Å². The first-order valence-corrected chi connectivity index (χ1v) is 9.42. The zero-order valence-electron chi connectivity index (χ0n) is 16.4. The van der Waals surface area contributed by atoms with Gasteiger partial charge >= 0.3 is 11.9 Å². The summed E-state index contributed by atoms with van der Waals surface area (Å²) in [4.78, 5) is 29.0. The van der Waals surface area contributed by atoms with E-state index in [1.54, 1.807) is 6.08 Å². The van der Waals surface area contributed by atoms with Crippen LogP contribution in [-0.2, 0) is 23.8 Å². The molecule has 150 valence electrons. The van der Waals surface area contributed by atoms with E-state index in [0.29, 0.717) is 18.5 Å². The van der Waals surface area contributed by atoms with Gasteiger partial charge in [0.2, 0.25) is 0 Å². The Morgan fingerprint density at radius 2 is 1.93 bits per heavy atom. The lowest BCUT2D eigenvalue weighted by Gasteiger charge is -2.30. The first-order chi connectivity index (χ1) is 12.6. The third-order valence-electron chi connectivity index (χ3n) is 6.28. The molecule has 8 nitrogen and oxygen atoms in total. The molecule has 3 aliphatic heterocycles. The second-order valence-electron chi connectivity index (χ2n) is 8.87. The Hall–Kier alpha value is -1.48. The summed E-state index contributed by atoms with van der Waals surface area (Å²) in [5, 5.41) is 10.9. The summed E-state index contributed by atoms with van der Waals surface area (Å²) in [6.07, 6.45) is 0.0314. The summed E-state index contributed by atoms with van der Waals surface area (Å²) in [5.74, 6) is -1.34. The molecule has 2 fully saturated rings. The largest absolute Gasteiger partial charge is 0.462 e. The molecule has 27 heavy (non-hydrogen) atoms. The van der Waals surface area contributed by atoms with Gasteiger partial charge in [-0.25, -0.2) is 4.79 Å². The van der Waals surface area contributed by atoms with Crippen LogP contribution in [0.15, 0.2) is 11.6 Å². The zero-order chi connectivity index (χ0) is 19.7. The lowest BCUT2D eigenvalue weighted by atomic mass is 9.79. The minimum atomic E-state index is -0.867. The summed E-state index contributed by atoms with van der Waals surface area (Å²) < 4.78 is 17.3. The van der Waals surface area contributed by atoms with Gasteiger partial charge in [-0.2, -0.15) is 0 Å². The minimum Gasteiger partial charge on any atom is -0.462 e. The normalized spacial score (nSPS) is 45.9. The van der Waals surface area contributed by atoms with Crippen molar-refractivity contribution in [3.05, 3.63) is 11.6 Å². The summed E-state index contributed by atoms with van der Waals surface area (Å²) in [7, 11) is 7.45. The summed E-state index contributed by atoms with van der Waals surface area (Å²) >= 11 is 0. The molecule has 0 aromatic carbocycles. The van der Waals surface area contributed by atoms with Crippen molar-refractivity contribution < 1.29 is 28.9 Å². The number of carbonyl (C=O) groups is 2. The minimum absolute atomic E-state index is 0.263. The van der Waals surface area contributed by atoms with Crippen molar-refractivity contribution in [2.24, 2.45) is 11.8 Å². The molecule has 1 unspecified atom stereocenters. The Morgan fingerprint density at radius 1 is 1.22 bits per heavy atom. The Morgan fingerprint density at radius 3 is 2.56 bits per heavy atom. The van der Waals surface area contributed by atoms with Crippen LogP contribution in [0.25, 0.3) is 0 Å². The van der Waals surface area contributed by atoms with Crippen LogP contribution in [0.5, 0.6) is 0 Å².